The van der Waals surface area contributed by atoms with Crippen LogP contribution < -0.4 is 10.2 Å². The van der Waals surface area contributed by atoms with Crippen molar-refractivity contribution >= 4 is 29.0 Å². The van der Waals surface area contributed by atoms with E-state index in [1.807, 2.05) is 18.3 Å². The molecule has 8 heteroatoms. The quantitative estimate of drug-likeness (QED) is 0.533. The van der Waals surface area contributed by atoms with Crippen LogP contribution in [0.2, 0.25) is 10.0 Å². The predicted molar refractivity (Wildman–Crippen MR) is 128 cm³/mol. The zero-order chi connectivity index (χ0) is 22.4. The first-order valence-electron chi connectivity index (χ1n) is 10.4. The highest BCUT2D eigenvalue weighted by Gasteiger charge is 2.39. The van der Waals surface area contributed by atoms with Crippen molar-refractivity contribution in [2.45, 2.75) is 57.7 Å². The number of benzene rings is 1. The third kappa shape index (κ3) is 4.71. The number of anilines is 1. The number of nitrogens with zero attached hydrogens (tertiary/aromatic N) is 4. The van der Waals surface area contributed by atoms with Gasteiger partial charge in [0, 0.05) is 52.1 Å². The predicted octanol–water partition coefficient (Wildman–Crippen LogP) is 5.59. The Morgan fingerprint density at radius 1 is 0.935 bits per heavy atom. The van der Waals surface area contributed by atoms with Crippen LogP contribution in [0.25, 0.3) is 22.4 Å². The molecule has 3 aromatic rings. The Labute approximate surface area is 193 Å². The van der Waals surface area contributed by atoms with E-state index in [1.165, 1.54) is 0 Å². The third-order valence-electron chi connectivity index (χ3n) is 5.86. The summed E-state index contributed by atoms with van der Waals surface area (Å²) in [6.45, 7) is 9.01. The summed E-state index contributed by atoms with van der Waals surface area (Å²) in [6.07, 6.45) is 9.14. The van der Waals surface area contributed by atoms with Crippen molar-refractivity contribution in [1.29, 1.82) is 0 Å². The van der Waals surface area contributed by atoms with E-state index in [9.17, 15) is 0 Å². The molecule has 0 spiro atoms. The second kappa shape index (κ2) is 8.08. The topological polar surface area (TPSA) is 69.7 Å². The molecule has 0 radical (unpaired) electrons. The van der Waals surface area contributed by atoms with Crippen LogP contribution in [0, 0.1) is 0 Å². The van der Waals surface area contributed by atoms with Crippen molar-refractivity contribution in [3.05, 3.63) is 47.0 Å². The maximum absolute atomic E-state index is 6.57. The summed E-state index contributed by atoms with van der Waals surface area (Å²) in [4.78, 5) is 11.6. The van der Waals surface area contributed by atoms with E-state index in [0.717, 1.165) is 35.3 Å². The second-order valence-corrected chi connectivity index (χ2v) is 10.4. The number of piperidine rings is 1. The first kappa shape index (κ1) is 22.1. The SMILES string of the molecule is CN(c1cnc(-c2cc(Cl)c(-c3cn[nH]c3)cc2Cl)cn1)C1CC(C)(C)NC(C)(C)C1. The Morgan fingerprint density at radius 3 is 2.16 bits per heavy atom. The number of nitrogens with one attached hydrogen (secondary N) is 2. The van der Waals surface area contributed by atoms with Gasteiger partial charge in [-0.1, -0.05) is 23.2 Å². The van der Waals surface area contributed by atoms with E-state index in [-0.39, 0.29) is 11.1 Å². The number of hydrogen-bond acceptors (Lipinski definition) is 5. The Balaban J connectivity index is 1.58. The second-order valence-electron chi connectivity index (χ2n) is 9.62. The van der Waals surface area contributed by atoms with Crippen LogP contribution in [0.5, 0.6) is 0 Å². The van der Waals surface area contributed by atoms with Crippen molar-refractivity contribution in [2.75, 3.05) is 11.9 Å². The highest BCUT2D eigenvalue weighted by atomic mass is 35.5. The molecule has 0 aliphatic carbocycles. The van der Waals surface area contributed by atoms with Gasteiger partial charge >= 0.3 is 0 Å². The van der Waals surface area contributed by atoms with Crippen molar-refractivity contribution < 1.29 is 0 Å². The van der Waals surface area contributed by atoms with Crippen LogP contribution in [-0.2, 0) is 0 Å². The van der Waals surface area contributed by atoms with Crippen LogP contribution >= 0.6 is 23.2 Å². The molecule has 0 amide bonds. The van der Waals surface area contributed by atoms with E-state index < -0.39 is 0 Å². The molecule has 1 fully saturated rings. The molecule has 3 heterocycles. The summed E-state index contributed by atoms with van der Waals surface area (Å²) in [5.41, 5.74) is 3.28. The molecule has 31 heavy (non-hydrogen) atoms. The molecule has 0 atom stereocenters. The number of halogens is 2. The Bertz CT molecular complexity index is 1040. The summed E-state index contributed by atoms with van der Waals surface area (Å²) >= 11 is 13.1. The minimum atomic E-state index is 0.0645. The molecule has 1 aliphatic rings. The van der Waals surface area contributed by atoms with E-state index in [2.05, 4.69) is 60.1 Å². The lowest BCUT2D eigenvalue weighted by Crippen LogP contribution is -2.62. The Morgan fingerprint density at radius 2 is 1.58 bits per heavy atom. The van der Waals surface area contributed by atoms with Crippen molar-refractivity contribution in [2.24, 2.45) is 0 Å². The first-order valence-corrected chi connectivity index (χ1v) is 11.1. The summed E-state index contributed by atoms with van der Waals surface area (Å²) in [5.74, 6) is 0.847. The van der Waals surface area contributed by atoms with Gasteiger partial charge in [0.15, 0.2) is 0 Å². The molecular weight excluding hydrogens is 431 g/mol. The molecular formula is C23H28Cl2N6. The molecule has 1 saturated heterocycles. The first-order chi connectivity index (χ1) is 14.5. The summed E-state index contributed by atoms with van der Waals surface area (Å²) in [7, 11) is 2.09. The van der Waals surface area contributed by atoms with E-state index in [4.69, 9.17) is 28.2 Å². The third-order valence-corrected chi connectivity index (χ3v) is 6.48. The average Bonchev–Trinajstić information content (AvgIpc) is 3.21. The van der Waals surface area contributed by atoms with Gasteiger partial charge < -0.3 is 10.2 Å². The van der Waals surface area contributed by atoms with Crippen molar-refractivity contribution in [1.82, 2.24) is 25.5 Å². The van der Waals surface area contributed by atoms with E-state index >= 15 is 0 Å². The van der Waals surface area contributed by atoms with Crippen LogP contribution in [0.15, 0.2) is 36.9 Å². The molecule has 164 valence electrons. The molecule has 4 rings (SSSR count). The van der Waals surface area contributed by atoms with Gasteiger partial charge in [0.1, 0.15) is 5.82 Å². The standard InChI is InChI=1S/C23H28Cl2N6/c1-22(2)8-15(9-23(3,4)30-22)31(5)21-13-26-20(12-27-21)17-7-18(24)16(6-19(17)25)14-10-28-29-11-14/h6-7,10-13,15,30H,8-9H2,1-5H3,(H,28,29). The normalized spacial score (nSPS) is 18.2. The largest absolute Gasteiger partial charge is 0.355 e. The fraction of sp³-hybridized carbons (Fsp3) is 0.435. The van der Waals surface area contributed by atoms with Gasteiger partial charge in [-0.15, -0.1) is 0 Å². The summed E-state index contributed by atoms with van der Waals surface area (Å²) in [5, 5.41) is 11.6. The highest BCUT2D eigenvalue weighted by Crippen LogP contribution is 2.37. The van der Waals surface area contributed by atoms with Gasteiger partial charge in [0.05, 0.1) is 29.3 Å². The number of H-pyrrole nitrogens is 1. The van der Waals surface area contributed by atoms with Crippen molar-refractivity contribution in [3.8, 4) is 22.4 Å². The molecule has 0 saturated carbocycles. The molecule has 0 bridgehead atoms. The van der Waals surface area contributed by atoms with E-state index in [1.54, 1.807) is 18.6 Å². The summed E-state index contributed by atoms with van der Waals surface area (Å²) in [6, 6.07) is 4.04. The van der Waals surface area contributed by atoms with Gasteiger partial charge in [-0.05, 0) is 52.7 Å². The van der Waals surface area contributed by atoms with Gasteiger partial charge in [-0.3, -0.25) is 10.1 Å². The fourth-order valence-electron chi connectivity index (χ4n) is 4.73. The minimum absolute atomic E-state index is 0.0645. The maximum atomic E-state index is 6.57. The number of aromatic amines is 1. The highest BCUT2D eigenvalue weighted by molar-refractivity contribution is 6.37. The monoisotopic (exact) mass is 458 g/mol. The lowest BCUT2D eigenvalue weighted by Gasteiger charge is -2.49. The smallest absolute Gasteiger partial charge is 0.147 e. The number of rotatable bonds is 4. The van der Waals surface area contributed by atoms with Crippen LogP contribution in [0.1, 0.15) is 40.5 Å². The zero-order valence-electron chi connectivity index (χ0n) is 18.5. The van der Waals surface area contributed by atoms with Gasteiger partial charge in [0.25, 0.3) is 0 Å². The van der Waals surface area contributed by atoms with E-state index in [0.29, 0.717) is 21.8 Å². The van der Waals surface area contributed by atoms with Gasteiger partial charge in [0.2, 0.25) is 0 Å². The average molecular weight is 459 g/mol. The lowest BCUT2D eigenvalue weighted by molar-refractivity contribution is 0.160. The minimum Gasteiger partial charge on any atom is -0.355 e. The molecule has 2 aromatic heterocycles. The van der Waals surface area contributed by atoms with Crippen molar-refractivity contribution in [3.63, 3.8) is 0 Å². The fourth-order valence-corrected chi connectivity index (χ4v) is 5.27. The molecule has 6 nitrogen and oxygen atoms in total. The van der Waals surface area contributed by atoms with Gasteiger partial charge in [-0.25, -0.2) is 4.98 Å². The summed E-state index contributed by atoms with van der Waals surface area (Å²) < 4.78 is 0. The molecule has 0 unspecified atom stereocenters. The molecule has 2 N–H and O–H groups in total. The van der Waals surface area contributed by atoms with Crippen LogP contribution in [0.3, 0.4) is 0 Å². The lowest BCUT2D eigenvalue weighted by atomic mass is 9.79. The van der Waals surface area contributed by atoms with Gasteiger partial charge in [-0.2, -0.15) is 5.10 Å². The molecule has 1 aliphatic heterocycles. The Kier molecular flexibility index (Phi) is 5.75. The number of hydrogen-bond donors (Lipinski definition) is 2. The molecule has 1 aromatic carbocycles. The van der Waals surface area contributed by atoms with Crippen LogP contribution in [-0.4, -0.2) is 44.3 Å². The van der Waals surface area contributed by atoms with Crippen LogP contribution in [0.4, 0.5) is 5.82 Å². The number of aromatic nitrogens is 4. The maximum Gasteiger partial charge on any atom is 0.147 e. The zero-order valence-corrected chi connectivity index (χ0v) is 20.0. The Hall–Kier alpha value is -2.15.